The largest absolute Gasteiger partial charge is 0.383 e. The Morgan fingerprint density at radius 2 is 1.82 bits per heavy atom. The topological polar surface area (TPSA) is 109 Å². The molecule has 1 aliphatic carbocycles. The highest BCUT2D eigenvalue weighted by molar-refractivity contribution is 5.95. The number of ether oxygens (including phenoxy) is 1. The van der Waals surface area contributed by atoms with Crippen molar-refractivity contribution < 1.29 is 4.74 Å². The summed E-state index contributed by atoms with van der Waals surface area (Å²) in [5, 5.41) is 4.75. The van der Waals surface area contributed by atoms with Crippen LogP contribution in [0.4, 0.5) is 17.3 Å². The fraction of sp³-hybridized carbons (Fsp3) is 0.367. The molecule has 2 fully saturated rings. The fourth-order valence-electron chi connectivity index (χ4n) is 5.87. The molecule has 2 aliphatic rings. The van der Waals surface area contributed by atoms with Gasteiger partial charge in [-0.2, -0.15) is 0 Å². The van der Waals surface area contributed by atoms with Crippen molar-refractivity contribution in [3.05, 3.63) is 76.3 Å². The standard InChI is InChI=1S/C30H34N6O2/c1-19-16-23(18-33-28(19)31)26-17-22-10-11-32-30(37)27(22)29(35-26)34-24-6-2-20(3-7-24)21-4-8-25(9-5-21)36-12-14-38-15-13-36/h2-3,6-7,10-11,16-18,21,25H,4-5,8-9,12-15H2,1H3,(H2,31,33)(H,32,37)(H,34,35). The lowest BCUT2D eigenvalue weighted by molar-refractivity contribution is 0.00730. The van der Waals surface area contributed by atoms with E-state index in [0.29, 0.717) is 29.0 Å². The molecular weight excluding hydrogens is 476 g/mol. The molecule has 8 nitrogen and oxygen atoms in total. The number of rotatable bonds is 5. The summed E-state index contributed by atoms with van der Waals surface area (Å²) in [7, 11) is 0. The van der Waals surface area contributed by atoms with E-state index in [4.69, 9.17) is 15.5 Å². The first-order valence-corrected chi connectivity index (χ1v) is 13.5. The number of pyridine rings is 3. The first-order chi connectivity index (χ1) is 18.5. The number of nitrogens with two attached hydrogens (primary N) is 1. The Morgan fingerprint density at radius 1 is 1.05 bits per heavy atom. The van der Waals surface area contributed by atoms with Crippen LogP contribution in [-0.2, 0) is 4.74 Å². The minimum atomic E-state index is -0.177. The van der Waals surface area contributed by atoms with Crippen molar-refractivity contribution in [1.82, 2.24) is 19.9 Å². The normalized spacial score (nSPS) is 20.4. The quantitative estimate of drug-likeness (QED) is 0.347. The molecule has 1 aromatic carbocycles. The number of aromatic amines is 1. The van der Waals surface area contributed by atoms with Gasteiger partial charge in [-0.25, -0.2) is 9.97 Å². The number of nitrogens with one attached hydrogen (secondary N) is 2. The Hall–Kier alpha value is -3.75. The van der Waals surface area contributed by atoms with E-state index in [1.807, 2.05) is 25.1 Å². The van der Waals surface area contributed by atoms with Crippen LogP contribution >= 0.6 is 0 Å². The number of morpholine rings is 1. The number of hydrogen-bond donors (Lipinski definition) is 3. The van der Waals surface area contributed by atoms with Crippen LogP contribution in [0.15, 0.2) is 59.7 Å². The van der Waals surface area contributed by atoms with Crippen LogP contribution in [0, 0.1) is 6.92 Å². The molecule has 196 valence electrons. The zero-order chi connectivity index (χ0) is 26.1. The molecule has 1 aliphatic heterocycles. The number of nitrogen functional groups attached to an aromatic ring is 1. The average Bonchev–Trinajstić information content (AvgIpc) is 2.95. The molecule has 6 rings (SSSR count). The molecule has 0 bridgehead atoms. The molecule has 4 heterocycles. The predicted molar refractivity (Wildman–Crippen MR) is 152 cm³/mol. The Morgan fingerprint density at radius 3 is 2.55 bits per heavy atom. The highest BCUT2D eigenvalue weighted by Crippen LogP contribution is 2.36. The smallest absolute Gasteiger partial charge is 0.259 e. The lowest BCUT2D eigenvalue weighted by Gasteiger charge is -2.38. The van der Waals surface area contributed by atoms with Gasteiger partial charge >= 0.3 is 0 Å². The van der Waals surface area contributed by atoms with Gasteiger partial charge in [0.05, 0.1) is 24.3 Å². The number of aromatic nitrogens is 3. The maximum Gasteiger partial charge on any atom is 0.259 e. The van der Waals surface area contributed by atoms with Gasteiger partial charge in [-0.1, -0.05) is 12.1 Å². The van der Waals surface area contributed by atoms with Gasteiger partial charge in [-0.3, -0.25) is 9.69 Å². The Balaban J connectivity index is 1.22. The third-order valence-corrected chi connectivity index (χ3v) is 8.07. The summed E-state index contributed by atoms with van der Waals surface area (Å²) < 4.78 is 5.52. The number of benzene rings is 1. The van der Waals surface area contributed by atoms with Crippen molar-refractivity contribution in [2.75, 3.05) is 37.4 Å². The highest BCUT2D eigenvalue weighted by Gasteiger charge is 2.27. The third-order valence-electron chi connectivity index (χ3n) is 8.07. The van der Waals surface area contributed by atoms with E-state index in [1.54, 1.807) is 12.4 Å². The SMILES string of the molecule is Cc1cc(-c2cc3cc[nH]c(=O)c3c(Nc3ccc(C4CCC(N5CCOCC5)CC4)cc3)n2)cnc1N. The van der Waals surface area contributed by atoms with Crippen LogP contribution in [0.3, 0.4) is 0 Å². The van der Waals surface area contributed by atoms with E-state index in [1.165, 1.54) is 31.2 Å². The van der Waals surface area contributed by atoms with Gasteiger partial charge in [0.1, 0.15) is 11.6 Å². The van der Waals surface area contributed by atoms with Crippen LogP contribution in [0.2, 0.25) is 0 Å². The molecule has 38 heavy (non-hydrogen) atoms. The van der Waals surface area contributed by atoms with Crippen molar-refractivity contribution in [3.63, 3.8) is 0 Å². The van der Waals surface area contributed by atoms with E-state index in [9.17, 15) is 4.79 Å². The van der Waals surface area contributed by atoms with Crippen molar-refractivity contribution in [3.8, 4) is 11.3 Å². The number of hydrogen-bond acceptors (Lipinski definition) is 7. The van der Waals surface area contributed by atoms with Gasteiger partial charge in [0.15, 0.2) is 0 Å². The van der Waals surface area contributed by atoms with Crippen molar-refractivity contribution in [1.29, 1.82) is 0 Å². The number of nitrogens with zero attached hydrogens (tertiary/aromatic N) is 3. The molecule has 0 unspecified atom stereocenters. The summed E-state index contributed by atoms with van der Waals surface area (Å²) in [4.78, 5) is 27.3. The summed E-state index contributed by atoms with van der Waals surface area (Å²) in [5.41, 5.74) is 10.5. The van der Waals surface area contributed by atoms with Crippen LogP contribution in [0.1, 0.15) is 42.7 Å². The second-order valence-electron chi connectivity index (χ2n) is 10.5. The molecule has 4 aromatic rings. The average molecular weight is 511 g/mol. The highest BCUT2D eigenvalue weighted by atomic mass is 16.5. The van der Waals surface area contributed by atoms with E-state index in [2.05, 4.69) is 44.5 Å². The molecular formula is C30H34N6O2. The summed E-state index contributed by atoms with van der Waals surface area (Å²) in [6.07, 6.45) is 8.30. The lowest BCUT2D eigenvalue weighted by Crippen LogP contribution is -2.44. The van der Waals surface area contributed by atoms with Crippen LogP contribution in [-0.4, -0.2) is 52.2 Å². The molecule has 0 atom stereocenters. The van der Waals surface area contributed by atoms with Crippen molar-refractivity contribution in [2.45, 2.75) is 44.6 Å². The monoisotopic (exact) mass is 510 g/mol. The molecule has 1 saturated carbocycles. The van der Waals surface area contributed by atoms with Gasteiger partial charge in [-0.15, -0.1) is 0 Å². The minimum Gasteiger partial charge on any atom is -0.383 e. The second-order valence-corrected chi connectivity index (χ2v) is 10.5. The first-order valence-electron chi connectivity index (χ1n) is 13.5. The van der Waals surface area contributed by atoms with Crippen LogP contribution < -0.4 is 16.6 Å². The van der Waals surface area contributed by atoms with E-state index in [0.717, 1.165) is 54.2 Å². The van der Waals surface area contributed by atoms with E-state index >= 15 is 0 Å². The molecule has 3 aromatic heterocycles. The van der Waals surface area contributed by atoms with Gasteiger partial charge in [0, 0.05) is 42.8 Å². The fourth-order valence-corrected chi connectivity index (χ4v) is 5.87. The summed E-state index contributed by atoms with van der Waals surface area (Å²) in [6.45, 7) is 5.79. The summed E-state index contributed by atoms with van der Waals surface area (Å²) in [6, 6.07) is 15.1. The third kappa shape index (κ3) is 5.01. The number of aryl methyl sites for hydroxylation is 1. The molecule has 0 amide bonds. The minimum absolute atomic E-state index is 0.177. The van der Waals surface area contributed by atoms with Gasteiger partial charge in [0.25, 0.3) is 5.56 Å². The maximum atomic E-state index is 12.8. The summed E-state index contributed by atoms with van der Waals surface area (Å²) in [5.74, 6) is 1.61. The second kappa shape index (κ2) is 10.6. The Bertz CT molecular complexity index is 1490. The van der Waals surface area contributed by atoms with E-state index < -0.39 is 0 Å². The Kier molecular flexibility index (Phi) is 6.82. The van der Waals surface area contributed by atoms with Crippen molar-refractivity contribution in [2.24, 2.45) is 0 Å². The van der Waals surface area contributed by atoms with Crippen LogP contribution in [0.25, 0.3) is 22.0 Å². The molecule has 0 radical (unpaired) electrons. The molecule has 4 N–H and O–H groups in total. The number of fused-ring (bicyclic) bond motifs is 1. The first kappa shape index (κ1) is 24.6. The van der Waals surface area contributed by atoms with Crippen LogP contribution in [0.5, 0.6) is 0 Å². The van der Waals surface area contributed by atoms with Gasteiger partial charge in [0.2, 0.25) is 0 Å². The number of anilines is 3. The zero-order valence-electron chi connectivity index (χ0n) is 21.7. The molecule has 0 spiro atoms. The lowest BCUT2D eigenvalue weighted by atomic mass is 9.81. The van der Waals surface area contributed by atoms with E-state index in [-0.39, 0.29) is 5.56 Å². The zero-order valence-corrected chi connectivity index (χ0v) is 21.7. The molecule has 8 heteroatoms. The summed E-state index contributed by atoms with van der Waals surface area (Å²) >= 11 is 0. The van der Waals surface area contributed by atoms with Crippen molar-refractivity contribution >= 4 is 28.1 Å². The van der Waals surface area contributed by atoms with Gasteiger partial charge in [-0.05, 0) is 85.4 Å². The number of H-pyrrole nitrogens is 1. The predicted octanol–water partition coefficient (Wildman–Crippen LogP) is 4.98. The van der Waals surface area contributed by atoms with Gasteiger partial charge < -0.3 is 20.8 Å². The maximum absolute atomic E-state index is 12.8. The Labute approximate surface area is 222 Å². The molecule has 1 saturated heterocycles.